The van der Waals surface area contributed by atoms with Crippen molar-refractivity contribution in [1.82, 2.24) is 4.90 Å². The molecular weight excluding hydrogens is 305 g/mol. The molecule has 1 aromatic carbocycles. The van der Waals surface area contributed by atoms with E-state index in [1.54, 1.807) is 38.1 Å². The maximum Gasteiger partial charge on any atom is 0.330 e. The summed E-state index contributed by atoms with van der Waals surface area (Å²) in [6, 6.07) is 6.74. The second-order valence-corrected chi connectivity index (χ2v) is 7.02. The average Bonchev–Trinajstić information content (AvgIpc) is 2.73. The van der Waals surface area contributed by atoms with Crippen molar-refractivity contribution in [3.05, 3.63) is 35.4 Å². The summed E-state index contributed by atoms with van der Waals surface area (Å²) in [4.78, 5) is 25.6. The maximum atomic E-state index is 12.3. The molecule has 0 saturated carbocycles. The van der Waals surface area contributed by atoms with Gasteiger partial charge in [0, 0.05) is 6.54 Å². The number of nitrogens with zero attached hydrogens (tertiary/aromatic N) is 1. The number of carbonyl (C=O) groups excluding carboxylic acids is 2. The van der Waals surface area contributed by atoms with E-state index in [1.807, 2.05) is 0 Å². The van der Waals surface area contributed by atoms with E-state index in [9.17, 15) is 14.2 Å². The molecule has 1 aliphatic heterocycles. The summed E-state index contributed by atoms with van der Waals surface area (Å²) in [6.07, 6.45) is 0.560. The molecule has 0 saturated heterocycles. The Kier molecular flexibility index (Phi) is 5.51. The van der Waals surface area contributed by atoms with Crippen LogP contribution in [-0.4, -0.2) is 42.6 Å². The van der Waals surface area contributed by atoms with Crippen LogP contribution in [0, 0.1) is 0 Å². The van der Waals surface area contributed by atoms with Crippen LogP contribution in [0.4, 0.5) is 0 Å². The third-order valence-corrected chi connectivity index (χ3v) is 5.51. The number of rotatable bonds is 8. The van der Waals surface area contributed by atoms with Crippen molar-refractivity contribution in [2.24, 2.45) is 0 Å². The number of hydrogen-bond donors (Lipinski definition) is 0. The van der Waals surface area contributed by atoms with E-state index in [0.717, 1.165) is 0 Å². The van der Waals surface area contributed by atoms with Gasteiger partial charge in [-0.25, -0.2) is 0 Å². The van der Waals surface area contributed by atoms with E-state index in [-0.39, 0.29) is 24.5 Å². The lowest BCUT2D eigenvalue weighted by molar-refractivity contribution is 0.0653. The highest BCUT2D eigenvalue weighted by Crippen LogP contribution is 2.48. The highest BCUT2D eigenvalue weighted by molar-refractivity contribution is 7.53. The molecule has 0 spiro atoms. The minimum absolute atomic E-state index is 0.183. The lowest BCUT2D eigenvalue weighted by Crippen LogP contribution is -2.31. The Morgan fingerprint density at radius 2 is 1.50 bits per heavy atom. The standard InChI is InChI=1S/C15H20NO5P/c1-3-20-22(19,21-4-2)11-7-10-16-14(17)12-8-5-6-9-13(12)15(16)18/h5-6,8-9H,3-4,7,10-11H2,1-2H3. The van der Waals surface area contributed by atoms with Gasteiger partial charge in [0.2, 0.25) is 0 Å². The number of benzene rings is 1. The molecule has 0 unspecified atom stereocenters. The van der Waals surface area contributed by atoms with Crippen LogP contribution in [0.5, 0.6) is 0 Å². The van der Waals surface area contributed by atoms with E-state index >= 15 is 0 Å². The van der Waals surface area contributed by atoms with E-state index in [2.05, 4.69) is 0 Å². The predicted molar refractivity (Wildman–Crippen MR) is 82.2 cm³/mol. The van der Waals surface area contributed by atoms with Crippen LogP contribution in [-0.2, 0) is 13.6 Å². The largest absolute Gasteiger partial charge is 0.330 e. The smallest absolute Gasteiger partial charge is 0.309 e. The van der Waals surface area contributed by atoms with Crippen molar-refractivity contribution in [2.75, 3.05) is 25.9 Å². The summed E-state index contributed by atoms with van der Waals surface area (Å²) in [7, 11) is -3.14. The molecule has 1 aromatic rings. The number of fused-ring (bicyclic) bond motifs is 1. The molecule has 0 aliphatic carbocycles. The van der Waals surface area contributed by atoms with Gasteiger partial charge in [-0.05, 0) is 32.4 Å². The number of amides is 2. The molecule has 1 aliphatic rings. The molecule has 2 rings (SSSR count). The highest BCUT2D eigenvalue weighted by atomic mass is 31.2. The summed E-state index contributed by atoms with van der Waals surface area (Å²) < 4.78 is 22.7. The highest BCUT2D eigenvalue weighted by Gasteiger charge is 2.35. The van der Waals surface area contributed by atoms with Crippen LogP contribution in [0.3, 0.4) is 0 Å². The summed E-state index contributed by atoms with van der Waals surface area (Å²) in [6.45, 7) is 4.29. The zero-order valence-electron chi connectivity index (χ0n) is 12.8. The Bertz CT molecular complexity index is 571. The fraction of sp³-hybridized carbons (Fsp3) is 0.467. The Labute approximate surface area is 129 Å². The quantitative estimate of drug-likeness (QED) is 0.543. The van der Waals surface area contributed by atoms with Crippen molar-refractivity contribution in [3.63, 3.8) is 0 Å². The van der Waals surface area contributed by atoms with Crippen molar-refractivity contribution in [2.45, 2.75) is 20.3 Å². The first kappa shape index (κ1) is 16.9. The SMILES string of the molecule is CCOP(=O)(CCCN1C(=O)c2ccccc2C1=O)OCC. The lowest BCUT2D eigenvalue weighted by atomic mass is 10.1. The summed E-state index contributed by atoms with van der Waals surface area (Å²) in [5.41, 5.74) is 0.843. The summed E-state index contributed by atoms with van der Waals surface area (Å²) >= 11 is 0. The van der Waals surface area contributed by atoms with E-state index < -0.39 is 7.60 Å². The lowest BCUT2D eigenvalue weighted by Gasteiger charge is -2.18. The first-order chi connectivity index (χ1) is 10.5. The Morgan fingerprint density at radius 1 is 1.00 bits per heavy atom. The predicted octanol–water partition coefficient (Wildman–Crippen LogP) is 2.94. The number of hydrogen-bond acceptors (Lipinski definition) is 5. The third kappa shape index (κ3) is 3.46. The van der Waals surface area contributed by atoms with Gasteiger partial charge in [0.1, 0.15) is 0 Å². The summed E-state index contributed by atoms with van der Waals surface area (Å²) in [5, 5.41) is 0. The Hall–Kier alpha value is -1.49. The van der Waals surface area contributed by atoms with Gasteiger partial charge in [0.05, 0.1) is 30.5 Å². The van der Waals surface area contributed by atoms with Gasteiger partial charge in [-0.3, -0.25) is 19.1 Å². The van der Waals surface area contributed by atoms with Gasteiger partial charge in [-0.15, -0.1) is 0 Å². The zero-order valence-corrected chi connectivity index (χ0v) is 13.7. The topological polar surface area (TPSA) is 72.9 Å². The maximum absolute atomic E-state index is 12.3. The number of imide groups is 1. The monoisotopic (exact) mass is 325 g/mol. The van der Waals surface area contributed by atoms with E-state index in [0.29, 0.717) is 30.8 Å². The van der Waals surface area contributed by atoms with Crippen LogP contribution in [0.2, 0.25) is 0 Å². The van der Waals surface area contributed by atoms with E-state index in [1.165, 1.54) is 4.90 Å². The van der Waals surface area contributed by atoms with Crippen molar-refractivity contribution in [1.29, 1.82) is 0 Å². The fourth-order valence-corrected chi connectivity index (χ4v) is 4.07. The van der Waals surface area contributed by atoms with Gasteiger partial charge < -0.3 is 9.05 Å². The Morgan fingerprint density at radius 3 is 1.95 bits per heavy atom. The first-order valence-corrected chi connectivity index (χ1v) is 9.08. The number of carbonyl (C=O) groups is 2. The van der Waals surface area contributed by atoms with E-state index in [4.69, 9.17) is 9.05 Å². The van der Waals surface area contributed by atoms with Crippen molar-refractivity contribution >= 4 is 19.4 Å². The third-order valence-electron chi connectivity index (χ3n) is 3.34. The zero-order chi connectivity index (χ0) is 16.2. The molecule has 7 heteroatoms. The molecular formula is C15H20NO5P. The Balaban J connectivity index is 1.97. The second-order valence-electron chi connectivity index (χ2n) is 4.83. The van der Waals surface area contributed by atoms with Crippen LogP contribution < -0.4 is 0 Å². The minimum atomic E-state index is -3.14. The van der Waals surface area contributed by atoms with Crippen LogP contribution in [0.15, 0.2) is 24.3 Å². The molecule has 6 nitrogen and oxygen atoms in total. The van der Waals surface area contributed by atoms with Gasteiger partial charge in [0.25, 0.3) is 11.8 Å². The van der Waals surface area contributed by atoms with Gasteiger partial charge in [0.15, 0.2) is 0 Å². The van der Waals surface area contributed by atoms with Gasteiger partial charge in [-0.2, -0.15) is 0 Å². The van der Waals surface area contributed by atoms with Crippen molar-refractivity contribution < 1.29 is 23.2 Å². The van der Waals surface area contributed by atoms with Gasteiger partial charge in [-0.1, -0.05) is 12.1 Å². The molecule has 120 valence electrons. The fourth-order valence-electron chi connectivity index (χ4n) is 2.42. The average molecular weight is 325 g/mol. The molecule has 0 bridgehead atoms. The van der Waals surface area contributed by atoms with Crippen LogP contribution >= 0.6 is 7.60 Å². The van der Waals surface area contributed by atoms with Crippen LogP contribution in [0.1, 0.15) is 41.0 Å². The molecule has 0 atom stereocenters. The first-order valence-electron chi connectivity index (χ1n) is 7.35. The molecule has 0 N–H and O–H groups in total. The molecule has 2 amide bonds. The van der Waals surface area contributed by atoms with Crippen molar-refractivity contribution in [3.8, 4) is 0 Å². The summed E-state index contributed by atoms with van der Waals surface area (Å²) in [5.74, 6) is -0.605. The molecule has 22 heavy (non-hydrogen) atoms. The molecule has 0 fully saturated rings. The second kappa shape index (κ2) is 7.18. The minimum Gasteiger partial charge on any atom is -0.309 e. The molecule has 0 aromatic heterocycles. The molecule has 1 heterocycles. The van der Waals surface area contributed by atoms with Gasteiger partial charge >= 0.3 is 7.60 Å². The molecule has 0 radical (unpaired) electrons. The van der Waals surface area contributed by atoms with Crippen LogP contribution in [0.25, 0.3) is 0 Å². The normalized spacial score (nSPS) is 14.5.